The van der Waals surface area contributed by atoms with Crippen LogP contribution in [0.3, 0.4) is 0 Å². The summed E-state index contributed by atoms with van der Waals surface area (Å²) in [6, 6.07) is 2.72. The maximum atomic E-state index is 13.5. The van der Waals surface area contributed by atoms with Gasteiger partial charge in [-0.1, -0.05) is 11.6 Å². The summed E-state index contributed by atoms with van der Waals surface area (Å²) in [5, 5.41) is 4.18. The monoisotopic (exact) mass is 306 g/mol. The molecule has 8 heteroatoms. The molecule has 1 aromatic rings. The van der Waals surface area contributed by atoms with Crippen LogP contribution in [0.4, 0.5) is 23.7 Å². The Hall–Kier alpha value is -1.76. The van der Waals surface area contributed by atoms with Crippen molar-refractivity contribution in [2.24, 2.45) is 0 Å². The number of nitrogens with one attached hydrogen (secondary N) is 2. The summed E-state index contributed by atoms with van der Waals surface area (Å²) < 4.78 is 40.5. The fourth-order valence-corrected chi connectivity index (χ4v) is 2.40. The van der Waals surface area contributed by atoms with Crippen LogP contribution in [0.15, 0.2) is 18.2 Å². The van der Waals surface area contributed by atoms with Crippen molar-refractivity contribution in [3.63, 3.8) is 0 Å². The highest BCUT2D eigenvalue weighted by Crippen LogP contribution is 2.47. The van der Waals surface area contributed by atoms with Crippen molar-refractivity contribution in [1.29, 1.82) is 0 Å². The Morgan fingerprint density at radius 1 is 1.40 bits per heavy atom. The molecule has 0 spiro atoms. The van der Waals surface area contributed by atoms with E-state index in [4.69, 9.17) is 11.6 Å². The third kappa shape index (κ3) is 2.33. The first kappa shape index (κ1) is 14.6. The number of alkyl halides is 3. The van der Waals surface area contributed by atoms with Gasteiger partial charge in [-0.15, -0.1) is 0 Å². The van der Waals surface area contributed by atoms with E-state index in [9.17, 15) is 22.8 Å². The molecule has 108 valence electrons. The standard InChI is InChI=1S/C12H10ClF3N2O2/c1-6(19)5-11(12(14,15)16)8-4-7(13)2-3-9(8)17-10(20)18-11/h2-4H,5H2,1H3,(H2,17,18,20). The van der Waals surface area contributed by atoms with E-state index in [-0.39, 0.29) is 16.3 Å². The van der Waals surface area contributed by atoms with Gasteiger partial charge in [-0.05, 0) is 25.1 Å². The van der Waals surface area contributed by atoms with Crippen molar-refractivity contribution in [1.82, 2.24) is 5.32 Å². The Kier molecular flexibility index (Phi) is 3.41. The Morgan fingerprint density at radius 2 is 2.05 bits per heavy atom. The summed E-state index contributed by atoms with van der Waals surface area (Å²) in [5.41, 5.74) is -3.05. The number of carbonyl (C=O) groups excluding carboxylic acids is 2. The number of hydrogen-bond donors (Lipinski definition) is 2. The van der Waals surface area contributed by atoms with Gasteiger partial charge < -0.3 is 10.6 Å². The summed E-state index contributed by atoms with van der Waals surface area (Å²) in [7, 11) is 0. The van der Waals surface area contributed by atoms with Crippen LogP contribution < -0.4 is 10.6 Å². The molecule has 0 saturated heterocycles. The Morgan fingerprint density at radius 3 is 2.60 bits per heavy atom. The molecule has 2 rings (SSSR count). The van der Waals surface area contributed by atoms with E-state index in [0.29, 0.717) is 0 Å². The van der Waals surface area contributed by atoms with Crippen LogP contribution in [0.5, 0.6) is 0 Å². The molecule has 0 radical (unpaired) electrons. The molecule has 1 aliphatic heterocycles. The van der Waals surface area contributed by atoms with Gasteiger partial charge in [0.2, 0.25) is 0 Å². The van der Waals surface area contributed by atoms with Crippen molar-refractivity contribution >= 4 is 29.1 Å². The lowest BCUT2D eigenvalue weighted by Crippen LogP contribution is -2.60. The molecule has 0 saturated carbocycles. The molecule has 0 bridgehead atoms. The number of benzene rings is 1. The van der Waals surface area contributed by atoms with Crippen molar-refractivity contribution in [2.75, 3.05) is 5.32 Å². The van der Waals surface area contributed by atoms with Crippen LogP contribution in [0.2, 0.25) is 5.02 Å². The Labute approximate surface area is 117 Å². The molecule has 1 heterocycles. The van der Waals surface area contributed by atoms with E-state index < -0.39 is 30.0 Å². The molecule has 1 aromatic carbocycles. The number of rotatable bonds is 2. The van der Waals surface area contributed by atoms with Gasteiger partial charge in [-0.2, -0.15) is 13.2 Å². The first-order valence-corrected chi connectivity index (χ1v) is 5.99. The van der Waals surface area contributed by atoms with Gasteiger partial charge in [0.25, 0.3) is 0 Å². The van der Waals surface area contributed by atoms with E-state index in [1.54, 1.807) is 0 Å². The topological polar surface area (TPSA) is 58.2 Å². The summed E-state index contributed by atoms with van der Waals surface area (Å²) in [5.74, 6) is -0.699. The number of anilines is 1. The third-order valence-corrected chi connectivity index (χ3v) is 3.25. The normalized spacial score (nSPS) is 21.8. The highest BCUT2D eigenvalue weighted by molar-refractivity contribution is 6.30. The number of Topliss-reactive ketones (excluding diaryl/α,β-unsaturated/α-hetero) is 1. The van der Waals surface area contributed by atoms with E-state index in [1.165, 1.54) is 12.1 Å². The van der Waals surface area contributed by atoms with Gasteiger partial charge in [0.15, 0.2) is 5.54 Å². The number of urea groups is 1. The second-order valence-electron chi connectivity index (χ2n) is 4.55. The third-order valence-electron chi connectivity index (χ3n) is 3.01. The van der Waals surface area contributed by atoms with Crippen molar-refractivity contribution < 1.29 is 22.8 Å². The van der Waals surface area contributed by atoms with Crippen molar-refractivity contribution in [3.05, 3.63) is 28.8 Å². The molecular formula is C12H10ClF3N2O2. The number of halogens is 4. The molecule has 0 aliphatic carbocycles. The summed E-state index contributed by atoms with van der Waals surface area (Å²) >= 11 is 5.73. The fourth-order valence-electron chi connectivity index (χ4n) is 2.23. The van der Waals surface area contributed by atoms with Gasteiger partial charge in [-0.25, -0.2) is 4.79 Å². The number of carbonyl (C=O) groups is 2. The first-order valence-electron chi connectivity index (χ1n) is 5.61. The molecule has 2 amide bonds. The highest BCUT2D eigenvalue weighted by Gasteiger charge is 2.60. The van der Waals surface area contributed by atoms with Crippen LogP contribution in [0.25, 0.3) is 0 Å². The quantitative estimate of drug-likeness (QED) is 0.881. The lowest BCUT2D eigenvalue weighted by Gasteiger charge is -2.40. The van der Waals surface area contributed by atoms with Gasteiger partial charge in [0, 0.05) is 22.7 Å². The molecule has 4 nitrogen and oxygen atoms in total. The molecular weight excluding hydrogens is 297 g/mol. The molecule has 1 atom stereocenters. The zero-order valence-corrected chi connectivity index (χ0v) is 11.0. The molecule has 20 heavy (non-hydrogen) atoms. The summed E-state index contributed by atoms with van der Waals surface area (Å²) in [6.07, 6.45) is -5.73. The van der Waals surface area contributed by atoms with Gasteiger partial charge >= 0.3 is 12.2 Å². The summed E-state index contributed by atoms with van der Waals surface area (Å²) in [6.45, 7) is 1.03. The maximum absolute atomic E-state index is 13.5. The van der Waals surface area contributed by atoms with Gasteiger partial charge in [-0.3, -0.25) is 4.79 Å². The Bertz CT molecular complexity index is 589. The van der Waals surface area contributed by atoms with Crippen LogP contribution >= 0.6 is 11.6 Å². The van der Waals surface area contributed by atoms with Crippen molar-refractivity contribution in [2.45, 2.75) is 25.1 Å². The van der Waals surface area contributed by atoms with E-state index in [2.05, 4.69) is 5.32 Å². The first-order chi connectivity index (χ1) is 9.15. The van der Waals surface area contributed by atoms with Gasteiger partial charge in [0.05, 0.1) is 0 Å². The predicted octanol–water partition coefficient (Wildman–Crippen LogP) is 3.21. The molecule has 2 N–H and O–H groups in total. The minimum atomic E-state index is -4.84. The zero-order chi connectivity index (χ0) is 15.1. The lowest BCUT2D eigenvalue weighted by atomic mass is 9.82. The highest BCUT2D eigenvalue weighted by atomic mass is 35.5. The smallest absolute Gasteiger partial charge is 0.319 e. The van der Waals surface area contributed by atoms with Crippen LogP contribution in [-0.4, -0.2) is 18.0 Å². The maximum Gasteiger partial charge on any atom is 0.416 e. The largest absolute Gasteiger partial charge is 0.416 e. The minimum Gasteiger partial charge on any atom is -0.319 e. The molecule has 1 unspecified atom stereocenters. The van der Waals surface area contributed by atoms with Crippen LogP contribution in [0, 0.1) is 0 Å². The minimum absolute atomic E-state index is 0.0169. The number of ketones is 1. The molecule has 1 aliphatic rings. The molecule has 0 aromatic heterocycles. The zero-order valence-electron chi connectivity index (χ0n) is 10.3. The number of fused-ring (bicyclic) bond motifs is 1. The molecule has 0 fully saturated rings. The average molecular weight is 307 g/mol. The van der Waals surface area contributed by atoms with E-state index >= 15 is 0 Å². The van der Waals surface area contributed by atoms with Crippen molar-refractivity contribution in [3.8, 4) is 0 Å². The number of amides is 2. The fraction of sp³-hybridized carbons (Fsp3) is 0.333. The SMILES string of the molecule is CC(=O)CC1(C(F)(F)F)NC(=O)Nc2ccc(Cl)cc21. The van der Waals surface area contributed by atoms with E-state index in [0.717, 1.165) is 13.0 Å². The van der Waals surface area contributed by atoms with Crippen LogP contribution in [0.1, 0.15) is 18.9 Å². The van der Waals surface area contributed by atoms with Gasteiger partial charge in [0.1, 0.15) is 5.78 Å². The summed E-state index contributed by atoms with van der Waals surface area (Å²) in [4.78, 5) is 22.7. The Balaban J connectivity index is 2.71. The van der Waals surface area contributed by atoms with E-state index in [1.807, 2.05) is 5.32 Å². The predicted molar refractivity (Wildman–Crippen MR) is 66.6 cm³/mol. The number of hydrogen-bond acceptors (Lipinski definition) is 2. The average Bonchev–Trinajstić information content (AvgIpc) is 2.27. The lowest BCUT2D eigenvalue weighted by molar-refractivity contribution is -0.200. The second-order valence-corrected chi connectivity index (χ2v) is 4.99. The van der Waals surface area contributed by atoms with Crippen LogP contribution in [-0.2, 0) is 10.3 Å². The second kappa shape index (κ2) is 4.66.